The smallest absolute Gasteiger partial charge is 0.123 e. The zero-order valence-corrected chi connectivity index (χ0v) is 15.7. The van der Waals surface area contributed by atoms with Crippen molar-refractivity contribution in [2.24, 2.45) is 0 Å². The van der Waals surface area contributed by atoms with Gasteiger partial charge in [0.25, 0.3) is 0 Å². The van der Waals surface area contributed by atoms with Crippen LogP contribution >= 0.6 is 0 Å². The zero-order chi connectivity index (χ0) is 18.9. The monoisotopic (exact) mass is 361 g/mol. The number of halogens is 1. The van der Waals surface area contributed by atoms with Crippen LogP contribution in [0.4, 0.5) is 4.39 Å². The van der Waals surface area contributed by atoms with Gasteiger partial charge < -0.3 is 14.6 Å². The summed E-state index contributed by atoms with van der Waals surface area (Å²) in [5, 5.41) is 10.3. The molecule has 0 radical (unpaired) electrons. The van der Waals surface area contributed by atoms with E-state index in [1.807, 2.05) is 38.1 Å². The first-order chi connectivity index (χ1) is 12.5. The van der Waals surface area contributed by atoms with Crippen molar-refractivity contribution >= 4 is 0 Å². The third kappa shape index (κ3) is 7.12. The number of nitrogens with zero attached hydrogens (tertiary/aromatic N) is 1. The van der Waals surface area contributed by atoms with Gasteiger partial charge in [-0.05, 0) is 49.2 Å². The molecule has 1 atom stereocenters. The van der Waals surface area contributed by atoms with Crippen molar-refractivity contribution in [3.05, 3.63) is 65.5 Å². The van der Waals surface area contributed by atoms with Crippen molar-refractivity contribution in [1.82, 2.24) is 4.90 Å². The number of aliphatic hydroxyl groups is 1. The van der Waals surface area contributed by atoms with Crippen LogP contribution in [0.2, 0.25) is 0 Å². The summed E-state index contributed by atoms with van der Waals surface area (Å²) in [4.78, 5) is 2.12. The normalized spacial score (nSPS) is 12.6. The van der Waals surface area contributed by atoms with E-state index in [0.29, 0.717) is 19.6 Å². The Kier molecular flexibility index (Phi) is 8.04. The van der Waals surface area contributed by atoms with Crippen LogP contribution in [0.15, 0.2) is 48.5 Å². The molecule has 1 unspecified atom stereocenters. The summed E-state index contributed by atoms with van der Waals surface area (Å²) in [6, 6.07) is 14.3. The summed E-state index contributed by atoms with van der Waals surface area (Å²) in [7, 11) is 1.64. The SMILES string of the molecule is COc1cccc(CN(Cc2ccc(F)cc2)CC(O)COC(C)C)c1. The molecule has 0 saturated heterocycles. The average Bonchev–Trinajstić information content (AvgIpc) is 2.62. The van der Waals surface area contributed by atoms with Crippen LogP contribution < -0.4 is 4.74 Å². The Hall–Kier alpha value is -1.95. The van der Waals surface area contributed by atoms with E-state index < -0.39 is 6.10 Å². The Bertz CT molecular complexity index is 661. The maximum atomic E-state index is 13.2. The van der Waals surface area contributed by atoms with Gasteiger partial charge in [-0.15, -0.1) is 0 Å². The summed E-state index contributed by atoms with van der Waals surface area (Å²) in [6.45, 7) is 5.89. The number of rotatable bonds is 10. The molecule has 2 aromatic carbocycles. The number of aliphatic hydroxyl groups excluding tert-OH is 1. The van der Waals surface area contributed by atoms with Gasteiger partial charge in [0.15, 0.2) is 0 Å². The molecule has 0 aromatic heterocycles. The van der Waals surface area contributed by atoms with Crippen molar-refractivity contribution in [3.63, 3.8) is 0 Å². The molecule has 26 heavy (non-hydrogen) atoms. The molecular formula is C21H28FNO3. The Labute approximate surface area is 155 Å². The summed E-state index contributed by atoms with van der Waals surface area (Å²) in [5.74, 6) is 0.548. The highest BCUT2D eigenvalue weighted by atomic mass is 19.1. The lowest BCUT2D eigenvalue weighted by Crippen LogP contribution is -2.34. The van der Waals surface area contributed by atoms with Gasteiger partial charge in [0, 0.05) is 19.6 Å². The Morgan fingerprint density at radius 1 is 1.04 bits per heavy atom. The van der Waals surface area contributed by atoms with Crippen LogP contribution in [0.25, 0.3) is 0 Å². The first-order valence-electron chi connectivity index (χ1n) is 8.85. The molecular weight excluding hydrogens is 333 g/mol. The zero-order valence-electron chi connectivity index (χ0n) is 15.7. The molecule has 142 valence electrons. The lowest BCUT2D eigenvalue weighted by atomic mass is 10.1. The van der Waals surface area contributed by atoms with Crippen LogP contribution in [-0.2, 0) is 17.8 Å². The molecule has 0 aliphatic heterocycles. The number of hydrogen-bond acceptors (Lipinski definition) is 4. The molecule has 0 amide bonds. The van der Waals surface area contributed by atoms with Crippen LogP contribution in [0, 0.1) is 5.82 Å². The molecule has 1 N–H and O–H groups in total. The van der Waals surface area contributed by atoms with Gasteiger partial charge >= 0.3 is 0 Å². The highest BCUT2D eigenvalue weighted by Gasteiger charge is 2.14. The van der Waals surface area contributed by atoms with E-state index in [-0.39, 0.29) is 18.5 Å². The first kappa shape index (κ1) is 20.4. The molecule has 0 heterocycles. The van der Waals surface area contributed by atoms with Gasteiger partial charge in [-0.2, -0.15) is 0 Å². The topological polar surface area (TPSA) is 41.9 Å². The fourth-order valence-corrected chi connectivity index (χ4v) is 2.72. The highest BCUT2D eigenvalue weighted by molar-refractivity contribution is 5.28. The first-order valence-corrected chi connectivity index (χ1v) is 8.85. The lowest BCUT2D eigenvalue weighted by molar-refractivity contribution is -0.0106. The van der Waals surface area contributed by atoms with Gasteiger partial charge in [0.2, 0.25) is 0 Å². The Morgan fingerprint density at radius 2 is 1.73 bits per heavy atom. The highest BCUT2D eigenvalue weighted by Crippen LogP contribution is 2.16. The maximum absolute atomic E-state index is 13.2. The molecule has 4 nitrogen and oxygen atoms in total. The minimum atomic E-state index is -0.594. The fourth-order valence-electron chi connectivity index (χ4n) is 2.72. The van der Waals surface area contributed by atoms with Crippen LogP contribution in [-0.4, -0.2) is 42.5 Å². The molecule has 0 aliphatic carbocycles. The molecule has 0 fully saturated rings. The Morgan fingerprint density at radius 3 is 2.38 bits per heavy atom. The van der Waals surface area contributed by atoms with Crippen molar-refractivity contribution in [3.8, 4) is 5.75 Å². The van der Waals surface area contributed by atoms with E-state index in [0.717, 1.165) is 16.9 Å². The minimum Gasteiger partial charge on any atom is -0.497 e. The van der Waals surface area contributed by atoms with Gasteiger partial charge in [-0.25, -0.2) is 4.39 Å². The fraction of sp³-hybridized carbons (Fsp3) is 0.429. The maximum Gasteiger partial charge on any atom is 0.123 e. The van der Waals surface area contributed by atoms with E-state index >= 15 is 0 Å². The van der Waals surface area contributed by atoms with Crippen molar-refractivity contribution < 1.29 is 19.0 Å². The molecule has 2 rings (SSSR count). The lowest BCUT2D eigenvalue weighted by Gasteiger charge is -2.26. The van der Waals surface area contributed by atoms with Gasteiger partial charge in [0.1, 0.15) is 11.6 Å². The van der Waals surface area contributed by atoms with Crippen molar-refractivity contribution in [2.45, 2.75) is 39.1 Å². The summed E-state index contributed by atoms with van der Waals surface area (Å²) in [6.07, 6.45) is -0.517. The van der Waals surface area contributed by atoms with E-state index in [2.05, 4.69) is 4.90 Å². The second-order valence-corrected chi connectivity index (χ2v) is 6.68. The van der Waals surface area contributed by atoms with Gasteiger partial charge in [-0.1, -0.05) is 24.3 Å². The van der Waals surface area contributed by atoms with E-state index in [1.54, 1.807) is 19.2 Å². The predicted molar refractivity (Wildman–Crippen MR) is 101 cm³/mol. The number of benzene rings is 2. The molecule has 0 saturated carbocycles. The van der Waals surface area contributed by atoms with E-state index in [9.17, 15) is 9.50 Å². The Balaban J connectivity index is 2.07. The molecule has 0 spiro atoms. The standard InChI is InChI=1S/C21H28FNO3/c1-16(2)26-15-20(24)14-23(12-17-7-9-19(22)10-8-17)13-18-5-4-6-21(11-18)25-3/h4-11,16,20,24H,12-15H2,1-3H3. The quantitative estimate of drug-likeness (QED) is 0.702. The third-order valence-corrected chi connectivity index (χ3v) is 3.95. The van der Waals surface area contributed by atoms with Gasteiger partial charge in [0.05, 0.1) is 25.9 Å². The minimum absolute atomic E-state index is 0.0774. The second-order valence-electron chi connectivity index (χ2n) is 6.68. The predicted octanol–water partition coefficient (Wildman–Crippen LogP) is 3.62. The largest absolute Gasteiger partial charge is 0.497 e. The number of methoxy groups -OCH3 is 1. The van der Waals surface area contributed by atoms with E-state index in [1.165, 1.54) is 12.1 Å². The van der Waals surface area contributed by atoms with Gasteiger partial charge in [-0.3, -0.25) is 4.90 Å². The average molecular weight is 361 g/mol. The summed E-state index contributed by atoms with van der Waals surface area (Å²) in [5.41, 5.74) is 2.08. The molecule has 0 bridgehead atoms. The number of ether oxygens (including phenoxy) is 2. The second kappa shape index (κ2) is 10.3. The van der Waals surface area contributed by atoms with Crippen LogP contribution in [0.1, 0.15) is 25.0 Å². The molecule has 2 aromatic rings. The number of hydrogen-bond donors (Lipinski definition) is 1. The van der Waals surface area contributed by atoms with Crippen molar-refractivity contribution in [2.75, 3.05) is 20.3 Å². The summed E-state index contributed by atoms with van der Waals surface area (Å²) >= 11 is 0. The van der Waals surface area contributed by atoms with Crippen LogP contribution in [0.5, 0.6) is 5.75 Å². The molecule has 0 aliphatic rings. The third-order valence-electron chi connectivity index (χ3n) is 3.95. The van der Waals surface area contributed by atoms with Crippen LogP contribution in [0.3, 0.4) is 0 Å². The molecule has 5 heteroatoms. The summed E-state index contributed by atoms with van der Waals surface area (Å²) < 4.78 is 24.0. The van der Waals surface area contributed by atoms with E-state index in [4.69, 9.17) is 9.47 Å². The van der Waals surface area contributed by atoms with Crippen molar-refractivity contribution in [1.29, 1.82) is 0 Å².